The van der Waals surface area contributed by atoms with Crippen LogP contribution in [0.5, 0.6) is 0 Å². The summed E-state index contributed by atoms with van der Waals surface area (Å²) in [6.07, 6.45) is 9.78. The van der Waals surface area contributed by atoms with Crippen LogP contribution in [0.25, 0.3) is 0 Å². The zero-order chi connectivity index (χ0) is 14.8. The Labute approximate surface area is 125 Å². The van der Waals surface area contributed by atoms with Gasteiger partial charge in [-0.1, -0.05) is 96.0 Å². The van der Waals surface area contributed by atoms with Crippen LogP contribution in [0.15, 0.2) is 30.3 Å². The van der Waals surface area contributed by atoms with Crippen LogP contribution in [-0.4, -0.2) is 11.2 Å². The smallest absolute Gasteiger partial charge is 0.0631 e. The number of hydrogen-bond acceptors (Lipinski definition) is 1. The summed E-state index contributed by atoms with van der Waals surface area (Å²) in [6, 6.07) is 10.4. The molecule has 0 aliphatic carbocycles. The molecular formula is C19H32O. The van der Waals surface area contributed by atoms with Gasteiger partial charge in [0.1, 0.15) is 0 Å². The van der Waals surface area contributed by atoms with E-state index in [9.17, 15) is 5.11 Å². The fourth-order valence-corrected chi connectivity index (χ4v) is 2.72. The topological polar surface area (TPSA) is 20.2 Å². The van der Waals surface area contributed by atoms with E-state index in [0.717, 1.165) is 12.8 Å². The summed E-state index contributed by atoms with van der Waals surface area (Å²) in [5.74, 6) is 0. The Morgan fingerprint density at radius 1 is 0.900 bits per heavy atom. The van der Waals surface area contributed by atoms with Gasteiger partial charge in [-0.25, -0.2) is 0 Å². The van der Waals surface area contributed by atoms with Crippen LogP contribution in [-0.2, 0) is 5.41 Å². The molecule has 0 amide bonds. The lowest BCUT2D eigenvalue weighted by atomic mass is 9.77. The molecule has 1 aromatic rings. The fourth-order valence-electron chi connectivity index (χ4n) is 2.72. The molecule has 1 aromatic carbocycles. The van der Waals surface area contributed by atoms with Gasteiger partial charge in [-0.15, -0.1) is 0 Å². The second kappa shape index (κ2) is 9.18. The van der Waals surface area contributed by atoms with Crippen molar-refractivity contribution in [2.75, 3.05) is 0 Å². The first-order chi connectivity index (χ1) is 9.59. The van der Waals surface area contributed by atoms with Gasteiger partial charge < -0.3 is 5.11 Å². The lowest BCUT2D eigenvalue weighted by molar-refractivity contribution is 0.0884. The van der Waals surface area contributed by atoms with Gasteiger partial charge in [0.05, 0.1) is 6.10 Å². The Kier molecular flexibility index (Phi) is 7.91. The Morgan fingerprint density at radius 2 is 1.45 bits per heavy atom. The molecule has 0 saturated heterocycles. The first-order valence-corrected chi connectivity index (χ1v) is 8.32. The van der Waals surface area contributed by atoms with Crippen molar-refractivity contribution >= 4 is 0 Å². The third-order valence-electron chi connectivity index (χ3n) is 4.43. The second-order valence-corrected chi connectivity index (χ2v) is 6.51. The monoisotopic (exact) mass is 276 g/mol. The van der Waals surface area contributed by atoms with Crippen LogP contribution in [0.1, 0.15) is 77.7 Å². The molecule has 0 bridgehead atoms. The van der Waals surface area contributed by atoms with Crippen molar-refractivity contribution in [3.05, 3.63) is 35.9 Å². The quantitative estimate of drug-likeness (QED) is 0.562. The van der Waals surface area contributed by atoms with Gasteiger partial charge >= 0.3 is 0 Å². The summed E-state index contributed by atoms with van der Waals surface area (Å²) in [6.45, 7) is 6.55. The molecular weight excluding hydrogens is 244 g/mol. The van der Waals surface area contributed by atoms with Gasteiger partial charge in [0.2, 0.25) is 0 Å². The Balaban J connectivity index is 2.26. The van der Waals surface area contributed by atoms with E-state index >= 15 is 0 Å². The van der Waals surface area contributed by atoms with Crippen LogP contribution in [0, 0.1) is 0 Å². The molecule has 20 heavy (non-hydrogen) atoms. The molecule has 0 heterocycles. The molecule has 1 heteroatoms. The Morgan fingerprint density at radius 3 is 2.05 bits per heavy atom. The molecule has 0 aliphatic rings. The van der Waals surface area contributed by atoms with Gasteiger partial charge in [0, 0.05) is 5.41 Å². The summed E-state index contributed by atoms with van der Waals surface area (Å²) >= 11 is 0. The normalized spacial score (nSPS) is 13.4. The summed E-state index contributed by atoms with van der Waals surface area (Å²) in [5, 5.41) is 10.5. The molecule has 1 N–H and O–H groups in total. The van der Waals surface area contributed by atoms with Crippen LogP contribution in [0.4, 0.5) is 0 Å². The fraction of sp³-hybridized carbons (Fsp3) is 0.684. The van der Waals surface area contributed by atoms with Gasteiger partial charge in [-0.2, -0.15) is 0 Å². The van der Waals surface area contributed by atoms with E-state index in [0.29, 0.717) is 0 Å². The third-order valence-corrected chi connectivity index (χ3v) is 4.43. The van der Waals surface area contributed by atoms with Crippen molar-refractivity contribution in [2.45, 2.75) is 83.7 Å². The van der Waals surface area contributed by atoms with Crippen molar-refractivity contribution in [3.8, 4) is 0 Å². The highest BCUT2D eigenvalue weighted by Crippen LogP contribution is 2.29. The molecule has 0 aromatic heterocycles. The lowest BCUT2D eigenvalue weighted by Crippen LogP contribution is -2.33. The van der Waals surface area contributed by atoms with E-state index in [1.807, 2.05) is 6.07 Å². The highest BCUT2D eigenvalue weighted by molar-refractivity contribution is 5.24. The predicted octanol–water partition coefficient (Wildman–Crippen LogP) is 5.47. The molecule has 1 atom stereocenters. The lowest BCUT2D eigenvalue weighted by Gasteiger charge is -2.31. The molecule has 0 radical (unpaired) electrons. The maximum atomic E-state index is 10.5. The van der Waals surface area contributed by atoms with Crippen LogP contribution in [0.3, 0.4) is 0 Å². The third kappa shape index (κ3) is 5.66. The van der Waals surface area contributed by atoms with Gasteiger partial charge in [0.25, 0.3) is 0 Å². The second-order valence-electron chi connectivity index (χ2n) is 6.51. The molecule has 1 rings (SSSR count). The minimum atomic E-state index is -0.249. The number of aliphatic hydroxyl groups is 1. The Hall–Kier alpha value is -0.820. The largest absolute Gasteiger partial charge is 0.392 e. The molecule has 114 valence electrons. The molecule has 0 aliphatic heterocycles. The van der Waals surface area contributed by atoms with Crippen molar-refractivity contribution in [2.24, 2.45) is 0 Å². The SMILES string of the molecule is CCCCCCCCCC(O)C(C)(C)c1ccccc1. The molecule has 0 spiro atoms. The van der Waals surface area contributed by atoms with Crippen LogP contribution >= 0.6 is 0 Å². The Bertz CT molecular complexity index is 342. The average molecular weight is 276 g/mol. The maximum absolute atomic E-state index is 10.5. The van der Waals surface area contributed by atoms with Gasteiger partial charge in [-0.05, 0) is 12.0 Å². The molecule has 0 saturated carbocycles. The van der Waals surface area contributed by atoms with Crippen molar-refractivity contribution in [3.63, 3.8) is 0 Å². The van der Waals surface area contributed by atoms with Crippen molar-refractivity contribution in [1.29, 1.82) is 0 Å². The van der Waals surface area contributed by atoms with Gasteiger partial charge in [0.15, 0.2) is 0 Å². The molecule has 0 fully saturated rings. The van der Waals surface area contributed by atoms with E-state index < -0.39 is 0 Å². The van der Waals surface area contributed by atoms with E-state index in [2.05, 4.69) is 45.0 Å². The highest BCUT2D eigenvalue weighted by atomic mass is 16.3. The number of rotatable bonds is 10. The predicted molar refractivity (Wildman–Crippen MR) is 88.1 cm³/mol. The van der Waals surface area contributed by atoms with E-state index in [-0.39, 0.29) is 11.5 Å². The van der Waals surface area contributed by atoms with Gasteiger partial charge in [-0.3, -0.25) is 0 Å². The summed E-state index contributed by atoms with van der Waals surface area (Å²) < 4.78 is 0. The van der Waals surface area contributed by atoms with E-state index in [1.54, 1.807) is 0 Å². The first kappa shape index (κ1) is 17.2. The minimum Gasteiger partial charge on any atom is -0.392 e. The molecule has 1 unspecified atom stereocenters. The maximum Gasteiger partial charge on any atom is 0.0631 e. The summed E-state index contributed by atoms with van der Waals surface area (Å²) in [5.41, 5.74) is 1.08. The first-order valence-electron chi connectivity index (χ1n) is 8.32. The number of hydrogen-bond donors (Lipinski definition) is 1. The standard InChI is InChI=1S/C19H32O/c1-4-5-6-7-8-9-13-16-18(20)19(2,3)17-14-11-10-12-15-17/h10-12,14-15,18,20H,4-9,13,16H2,1-3H3. The summed E-state index contributed by atoms with van der Waals surface area (Å²) in [4.78, 5) is 0. The van der Waals surface area contributed by atoms with E-state index in [1.165, 1.54) is 44.1 Å². The minimum absolute atomic E-state index is 0.149. The van der Waals surface area contributed by atoms with E-state index in [4.69, 9.17) is 0 Å². The number of benzene rings is 1. The zero-order valence-corrected chi connectivity index (χ0v) is 13.6. The number of aliphatic hydroxyl groups excluding tert-OH is 1. The average Bonchev–Trinajstić information content (AvgIpc) is 2.47. The summed E-state index contributed by atoms with van der Waals surface area (Å²) in [7, 11) is 0. The van der Waals surface area contributed by atoms with Crippen molar-refractivity contribution in [1.82, 2.24) is 0 Å². The number of unbranched alkanes of at least 4 members (excludes halogenated alkanes) is 6. The van der Waals surface area contributed by atoms with Crippen molar-refractivity contribution < 1.29 is 5.11 Å². The highest BCUT2D eigenvalue weighted by Gasteiger charge is 2.28. The zero-order valence-electron chi connectivity index (χ0n) is 13.6. The van der Waals surface area contributed by atoms with Crippen LogP contribution < -0.4 is 0 Å². The van der Waals surface area contributed by atoms with Crippen LogP contribution in [0.2, 0.25) is 0 Å². The molecule has 1 nitrogen and oxygen atoms in total.